The number of aliphatic hydroxyl groups is 3. The van der Waals surface area contributed by atoms with Crippen LogP contribution in [0.15, 0.2) is 23.3 Å². The number of benzene rings is 1. The number of fused-ring (bicyclic) bond motifs is 1. The first-order valence-electron chi connectivity index (χ1n) is 16.3. The molecule has 2 heterocycles. The molecule has 0 bridgehead atoms. The number of halogens is 2. The van der Waals surface area contributed by atoms with Crippen molar-refractivity contribution in [1.82, 2.24) is 25.0 Å². The van der Waals surface area contributed by atoms with E-state index in [0.717, 1.165) is 4.68 Å². The summed E-state index contributed by atoms with van der Waals surface area (Å²) in [6.45, 7) is -3.93. The minimum Gasteiger partial charge on any atom is -0.394 e. The summed E-state index contributed by atoms with van der Waals surface area (Å²) in [5.74, 6) is -4.81. The van der Waals surface area contributed by atoms with Crippen LogP contribution < -0.4 is 5.32 Å². The molecule has 10 nitrogen and oxygen atoms in total. The van der Waals surface area contributed by atoms with E-state index in [1.165, 1.54) is 0 Å². The van der Waals surface area contributed by atoms with Crippen molar-refractivity contribution < 1.29 is 43.9 Å². The lowest BCUT2D eigenvalue weighted by atomic mass is 10.1. The van der Waals surface area contributed by atoms with Crippen LogP contribution in [0.5, 0.6) is 0 Å². The Morgan fingerprint density at radius 3 is 2.97 bits per heavy atom. The van der Waals surface area contributed by atoms with Gasteiger partial charge in [0.15, 0.2) is 33.8 Å². The monoisotopic (exact) mass is 533 g/mol. The Balaban J connectivity index is 1.58. The van der Waals surface area contributed by atoms with Gasteiger partial charge < -0.3 is 25.4 Å². The number of rotatable bonds is 10. The second-order valence-corrected chi connectivity index (χ2v) is 8.90. The normalized spacial score (nSPS) is 35.2. The predicted octanol–water partition coefficient (Wildman–Crippen LogP) is 2.01. The van der Waals surface area contributed by atoms with Gasteiger partial charge >= 0.3 is 0 Å². The van der Waals surface area contributed by atoms with Crippen LogP contribution in [-0.2, 0) is 4.74 Å². The molecular weight excluding hydrogens is 494 g/mol. The van der Waals surface area contributed by atoms with Crippen molar-refractivity contribution in [1.29, 1.82) is 0 Å². The average Bonchev–Trinajstić information content (AvgIpc) is 3.29. The average molecular weight is 534 g/mol. The largest absolute Gasteiger partial charge is 0.394 e. The van der Waals surface area contributed by atoms with Crippen molar-refractivity contribution in [2.75, 3.05) is 24.2 Å². The van der Waals surface area contributed by atoms with Crippen LogP contribution in [0.3, 0.4) is 0 Å². The number of hydrogen-bond donors (Lipinski definition) is 4. The molecule has 194 valence electrons. The molecule has 0 saturated heterocycles. The third-order valence-electron chi connectivity index (χ3n) is 5.89. The van der Waals surface area contributed by atoms with E-state index in [-0.39, 0.29) is 54.8 Å². The zero-order valence-corrected chi connectivity index (χ0v) is 19.2. The van der Waals surface area contributed by atoms with Gasteiger partial charge in [-0.2, -0.15) is 0 Å². The molecule has 2 fully saturated rings. The summed E-state index contributed by atoms with van der Waals surface area (Å²) >= 11 is -0.00406. The molecular formula is C23H28F2N6O4S. The van der Waals surface area contributed by atoms with Gasteiger partial charge in [0, 0.05) is 33.7 Å². The number of nitrogens with zero attached hydrogens (tertiary/aromatic N) is 5. The lowest BCUT2D eigenvalue weighted by Gasteiger charge is -2.17. The van der Waals surface area contributed by atoms with Crippen LogP contribution >= 0.6 is 11.8 Å². The summed E-state index contributed by atoms with van der Waals surface area (Å²) < 4.78 is 122. The van der Waals surface area contributed by atoms with E-state index in [9.17, 15) is 19.0 Å². The minimum atomic E-state index is -3.42. The fourth-order valence-electron chi connectivity index (χ4n) is 4.10. The first kappa shape index (κ1) is 15.1. The number of anilines is 1. The van der Waals surface area contributed by atoms with E-state index >= 15 is 0 Å². The van der Waals surface area contributed by atoms with Crippen molar-refractivity contribution in [2.24, 2.45) is 0 Å². The molecule has 0 spiro atoms. The molecule has 5 rings (SSSR count). The standard InChI is InChI=1S/C23H28F2N6O4S/c1-2-7-36-23-27-21(26-15-9-12(15)11-3-4-13(24)14(25)8-11)18-22(28-23)31(30-29-18)16-10-17(35-6-5-32)20(34)19(16)33/h3-4,8,12,15-17,19-20,32-34H,2,5-7,9-10H2,1H3,(H,26,27,28)/t12?,15-,16+,17-,19-,20+/m0/s1/i1D3,2D2,3D,4D,7D2,8D,15D. The van der Waals surface area contributed by atoms with E-state index in [1.807, 2.05) is 0 Å². The van der Waals surface area contributed by atoms with Crippen LogP contribution in [0.1, 0.15) is 58.7 Å². The van der Waals surface area contributed by atoms with Crippen LogP contribution in [0.2, 0.25) is 0 Å². The molecule has 2 saturated carbocycles. The Morgan fingerprint density at radius 1 is 1.31 bits per heavy atom. The quantitative estimate of drug-likeness (QED) is 0.226. The molecule has 4 N–H and O–H groups in total. The summed E-state index contributed by atoms with van der Waals surface area (Å²) in [7, 11) is 0. The second-order valence-electron chi connectivity index (χ2n) is 8.13. The molecule has 1 unspecified atom stereocenters. The highest BCUT2D eigenvalue weighted by molar-refractivity contribution is 7.99. The Hall–Kier alpha value is -2.45. The maximum atomic E-state index is 14.3. The summed E-state index contributed by atoms with van der Waals surface area (Å²) in [4.78, 5) is 8.35. The van der Waals surface area contributed by atoms with Crippen LogP contribution in [0, 0.1) is 11.6 Å². The Bertz CT molecular complexity index is 1680. The van der Waals surface area contributed by atoms with Gasteiger partial charge in [-0.3, -0.25) is 0 Å². The molecule has 13 heteroatoms. The van der Waals surface area contributed by atoms with E-state index in [1.54, 1.807) is 0 Å². The number of thioether (sulfide) groups is 1. The molecule has 2 aromatic heterocycles. The van der Waals surface area contributed by atoms with Crippen molar-refractivity contribution in [3.63, 3.8) is 0 Å². The van der Waals surface area contributed by atoms with Crippen LogP contribution in [-0.4, -0.2) is 83.5 Å². The number of aliphatic hydroxyl groups excluding tert-OH is 3. The van der Waals surface area contributed by atoms with E-state index in [2.05, 4.69) is 25.6 Å². The number of aromatic nitrogens is 5. The molecule has 1 aromatic carbocycles. The third kappa shape index (κ3) is 4.90. The maximum Gasteiger partial charge on any atom is 0.191 e. The molecule has 3 aromatic rings. The van der Waals surface area contributed by atoms with Gasteiger partial charge in [0.05, 0.1) is 30.8 Å². The first-order valence-corrected chi connectivity index (χ1v) is 11.6. The Morgan fingerprint density at radius 2 is 2.17 bits per heavy atom. The number of nitrogens with one attached hydrogen (secondary N) is 1. The topological polar surface area (TPSA) is 138 Å². The molecule has 0 radical (unpaired) electrons. The molecule has 2 aliphatic carbocycles. The molecule has 2 aliphatic rings. The van der Waals surface area contributed by atoms with Gasteiger partial charge in [-0.15, -0.1) is 5.10 Å². The van der Waals surface area contributed by atoms with Crippen molar-refractivity contribution in [3.8, 4) is 0 Å². The lowest BCUT2D eigenvalue weighted by molar-refractivity contribution is -0.0629. The van der Waals surface area contributed by atoms with E-state index < -0.39 is 95.7 Å². The minimum absolute atomic E-state index is 0.00406. The maximum absolute atomic E-state index is 14.3. The summed E-state index contributed by atoms with van der Waals surface area (Å²) in [5.41, 5.74) is -4.00. The van der Waals surface area contributed by atoms with Gasteiger partial charge in [-0.1, -0.05) is 29.9 Å². The van der Waals surface area contributed by atoms with Gasteiger partial charge in [-0.05, 0) is 30.4 Å². The summed E-state index contributed by atoms with van der Waals surface area (Å²) in [5, 5.41) is 40.6. The fraction of sp³-hybridized carbons (Fsp3) is 0.565. The SMILES string of the molecule is [2H]c1c([2H])c(C2C[C@]2([2H])Nc2nc(SC([2H])([2H])C([2H])([2H])C([2H])([2H])[2H])nc3c2nnn3[C@@H]2C[C@H](OCCO)[C@@H](O)[C@H]2O)c([2H])c(F)c1F. The number of hydrogen-bond acceptors (Lipinski definition) is 10. The third-order valence-corrected chi connectivity index (χ3v) is 6.46. The van der Waals surface area contributed by atoms with Crippen LogP contribution in [0.4, 0.5) is 14.6 Å². The van der Waals surface area contributed by atoms with Gasteiger partial charge in [0.25, 0.3) is 0 Å². The van der Waals surface area contributed by atoms with Gasteiger partial charge in [0.2, 0.25) is 0 Å². The zero-order valence-electron chi connectivity index (χ0n) is 29.4. The lowest BCUT2D eigenvalue weighted by Crippen LogP contribution is -2.33. The molecule has 0 amide bonds. The predicted molar refractivity (Wildman–Crippen MR) is 128 cm³/mol. The molecule has 36 heavy (non-hydrogen) atoms. The zero-order chi connectivity index (χ0) is 35.0. The molecule has 0 aliphatic heterocycles. The highest BCUT2D eigenvalue weighted by Crippen LogP contribution is 2.44. The smallest absolute Gasteiger partial charge is 0.191 e. The van der Waals surface area contributed by atoms with Gasteiger partial charge in [-0.25, -0.2) is 23.4 Å². The van der Waals surface area contributed by atoms with Crippen molar-refractivity contribution in [3.05, 3.63) is 35.3 Å². The van der Waals surface area contributed by atoms with E-state index in [4.69, 9.17) is 24.9 Å². The Kier molecular flexibility index (Phi) is 4.40. The summed E-state index contributed by atoms with van der Waals surface area (Å²) in [6.07, 6.45) is -7.57. The fourth-order valence-corrected chi connectivity index (χ4v) is 4.51. The number of ether oxygens (including phenoxy) is 1. The van der Waals surface area contributed by atoms with E-state index in [0.29, 0.717) is 0 Å². The highest BCUT2D eigenvalue weighted by atomic mass is 32.2. The first-order chi connectivity index (χ1) is 21.7. The van der Waals surface area contributed by atoms with Crippen molar-refractivity contribution in [2.45, 2.75) is 67.5 Å². The van der Waals surface area contributed by atoms with Crippen molar-refractivity contribution >= 4 is 28.7 Å². The highest BCUT2D eigenvalue weighted by Gasteiger charge is 2.45. The Labute approximate surface area is 225 Å². The molecule has 6 atom stereocenters. The summed E-state index contributed by atoms with van der Waals surface area (Å²) in [6, 6.07) is -5.83. The van der Waals surface area contributed by atoms with Gasteiger partial charge in [0.1, 0.15) is 12.2 Å². The second kappa shape index (κ2) is 10.5. The van der Waals surface area contributed by atoms with Crippen LogP contribution in [0.25, 0.3) is 11.2 Å².